The zero-order valence-corrected chi connectivity index (χ0v) is 21.8. The highest BCUT2D eigenvalue weighted by atomic mass is 35.5. The maximum atomic E-state index is 14.5. The van der Waals surface area contributed by atoms with Crippen LogP contribution in [0.5, 0.6) is 5.75 Å². The number of carbonyl (C=O) groups excluding carboxylic acids is 4. The monoisotopic (exact) mass is 548 g/mol. The van der Waals surface area contributed by atoms with Crippen LogP contribution in [0, 0.1) is 23.6 Å². The van der Waals surface area contributed by atoms with Gasteiger partial charge in [0.05, 0.1) is 11.8 Å². The number of benzene rings is 1. The number of alkyl halides is 2. The summed E-state index contributed by atoms with van der Waals surface area (Å²) >= 11 is 14.1. The molecule has 6 atom stereocenters. The summed E-state index contributed by atoms with van der Waals surface area (Å²) in [4.78, 5) is 52.6. The molecule has 7 nitrogen and oxygen atoms in total. The molecule has 3 aliphatic carbocycles. The van der Waals surface area contributed by atoms with Gasteiger partial charge in [0, 0.05) is 24.6 Å². The van der Waals surface area contributed by atoms with Crippen LogP contribution in [0.25, 0.3) is 0 Å². The van der Waals surface area contributed by atoms with E-state index in [2.05, 4.69) is 0 Å². The van der Waals surface area contributed by atoms with Crippen LogP contribution in [0.1, 0.15) is 56.4 Å². The smallest absolute Gasteiger partial charge is 0.253 e. The third kappa shape index (κ3) is 3.06. The Bertz CT molecular complexity index is 1280. The molecule has 0 radical (unpaired) electrons. The second-order valence-corrected chi connectivity index (χ2v) is 12.3. The highest BCUT2D eigenvalue weighted by Gasteiger charge is 2.76. The Kier molecular flexibility index (Phi) is 5.56. The predicted molar refractivity (Wildman–Crippen MR) is 132 cm³/mol. The van der Waals surface area contributed by atoms with Crippen molar-refractivity contribution in [2.75, 3.05) is 7.05 Å². The quantitative estimate of drug-likeness (QED) is 0.344. The number of hydrogen-bond donors (Lipinski definition) is 1. The minimum absolute atomic E-state index is 0.0202. The summed E-state index contributed by atoms with van der Waals surface area (Å²) in [5, 5.41) is 10.7. The van der Waals surface area contributed by atoms with E-state index in [1.807, 2.05) is 0 Å². The molecule has 0 aromatic heterocycles. The van der Waals surface area contributed by atoms with Crippen LogP contribution in [-0.2, 0) is 19.2 Å². The third-order valence-electron chi connectivity index (χ3n) is 9.32. The van der Waals surface area contributed by atoms with E-state index in [-0.39, 0.29) is 36.3 Å². The molecule has 5 aliphatic rings. The van der Waals surface area contributed by atoms with Gasteiger partial charge in [-0.3, -0.25) is 29.0 Å². The van der Waals surface area contributed by atoms with Gasteiger partial charge in [-0.15, -0.1) is 23.2 Å². The fourth-order valence-electron chi connectivity index (χ4n) is 7.58. The molecule has 2 aliphatic heterocycles. The number of phenolic OH excluding ortho intramolecular Hbond substituents is 1. The van der Waals surface area contributed by atoms with Gasteiger partial charge in [0.2, 0.25) is 11.8 Å². The number of amides is 4. The number of imide groups is 2. The molecule has 2 heterocycles. The number of halogens is 3. The molecule has 0 spiro atoms. The molecule has 1 aromatic rings. The summed E-state index contributed by atoms with van der Waals surface area (Å²) in [6.45, 7) is 0. The topological polar surface area (TPSA) is 95.0 Å². The summed E-state index contributed by atoms with van der Waals surface area (Å²) in [7, 11) is 1.29. The van der Waals surface area contributed by atoms with E-state index in [1.165, 1.54) is 24.1 Å². The van der Waals surface area contributed by atoms with Gasteiger partial charge in [0.1, 0.15) is 0 Å². The van der Waals surface area contributed by atoms with Crippen molar-refractivity contribution in [3.63, 3.8) is 0 Å². The van der Waals surface area contributed by atoms with Crippen molar-refractivity contribution < 1.29 is 28.7 Å². The number of likely N-dealkylation sites (tertiary alicyclic amines) is 2. The number of phenols is 1. The summed E-state index contributed by atoms with van der Waals surface area (Å²) < 4.78 is 14.5. The summed E-state index contributed by atoms with van der Waals surface area (Å²) in [6.07, 6.45) is 6.42. The summed E-state index contributed by atoms with van der Waals surface area (Å²) in [5.41, 5.74) is 0.559. The van der Waals surface area contributed by atoms with Crippen LogP contribution < -0.4 is 0 Å². The minimum Gasteiger partial charge on any atom is -0.505 e. The number of allylic oxidation sites excluding steroid dienone is 2. The summed E-state index contributed by atoms with van der Waals surface area (Å²) in [5.74, 6) is -6.76. The van der Waals surface area contributed by atoms with Crippen LogP contribution in [0.3, 0.4) is 0 Å². The van der Waals surface area contributed by atoms with E-state index >= 15 is 0 Å². The number of nitrogens with zero attached hydrogens (tertiary/aromatic N) is 2. The molecule has 196 valence electrons. The molecule has 10 heteroatoms. The van der Waals surface area contributed by atoms with E-state index in [9.17, 15) is 28.7 Å². The molecule has 37 heavy (non-hydrogen) atoms. The lowest BCUT2D eigenvalue weighted by Gasteiger charge is -2.50. The zero-order valence-electron chi connectivity index (χ0n) is 20.3. The first-order chi connectivity index (χ1) is 17.5. The molecule has 6 rings (SSSR count). The minimum atomic E-state index is -2.05. The van der Waals surface area contributed by atoms with Gasteiger partial charge in [0.15, 0.2) is 21.3 Å². The van der Waals surface area contributed by atoms with Crippen molar-refractivity contribution in [1.29, 1.82) is 0 Å². The number of aromatic hydroxyl groups is 1. The van der Waals surface area contributed by atoms with Crippen LogP contribution in [0.15, 0.2) is 29.8 Å². The van der Waals surface area contributed by atoms with Gasteiger partial charge < -0.3 is 5.11 Å². The number of carbonyl (C=O) groups is 4. The Balaban J connectivity index is 1.51. The van der Waals surface area contributed by atoms with Gasteiger partial charge in [-0.25, -0.2) is 4.39 Å². The van der Waals surface area contributed by atoms with E-state index in [4.69, 9.17) is 23.2 Å². The second kappa shape index (κ2) is 8.27. The lowest BCUT2D eigenvalue weighted by molar-refractivity contribution is -0.144. The second-order valence-electron chi connectivity index (χ2n) is 11.0. The van der Waals surface area contributed by atoms with Gasteiger partial charge in [-0.1, -0.05) is 43.0 Å². The molecule has 0 bridgehead atoms. The highest BCUT2D eigenvalue weighted by molar-refractivity contribution is 6.53. The first-order valence-corrected chi connectivity index (χ1v) is 13.5. The normalized spacial score (nSPS) is 38.0. The molecule has 2 saturated carbocycles. The number of rotatable bonds is 2. The molecule has 1 N–H and O–H groups in total. The largest absolute Gasteiger partial charge is 0.505 e. The van der Waals surface area contributed by atoms with Gasteiger partial charge in [-0.05, 0) is 37.7 Å². The van der Waals surface area contributed by atoms with Crippen molar-refractivity contribution >= 4 is 46.8 Å². The number of fused-ring (bicyclic) bond motifs is 4. The van der Waals surface area contributed by atoms with E-state index < -0.39 is 56.8 Å². The van der Waals surface area contributed by atoms with Crippen molar-refractivity contribution in [2.24, 2.45) is 17.8 Å². The fraction of sp³-hybridized carbons (Fsp3) is 0.556. The predicted octanol–water partition coefficient (Wildman–Crippen LogP) is 3.85. The van der Waals surface area contributed by atoms with Crippen molar-refractivity contribution in [2.45, 2.75) is 66.7 Å². The Morgan fingerprint density at radius 2 is 1.70 bits per heavy atom. The molecular formula is C27H27Cl2FN2O5. The lowest BCUT2D eigenvalue weighted by atomic mass is 9.56. The van der Waals surface area contributed by atoms with Crippen LogP contribution >= 0.6 is 23.2 Å². The Hall–Kier alpha value is -2.45. The standard InChI is InChI=1S/C27H27Cl2FN2O5/c1-31-24(36)26(28)12-17-14(20(27(26,29)25(31)37)16-8-5-9-18(30)21(16)33)10-11-15-19(17)23(35)32(22(15)34)13-6-3-2-4-7-13/h5,8-10,13,15,17,19-20,33H,2-4,6-7,11-12H2,1H3/t15-,17+,19-,20+,26+,27-/m0/s1. The fourth-order valence-corrected chi connectivity index (χ4v) is 8.59. The van der Waals surface area contributed by atoms with Gasteiger partial charge >= 0.3 is 0 Å². The van der Waals surface area contributed by atoms with Crippen LogP contribution in [-0.4, -0.2) is 61.4 Å². The number of hydrogen-bond acceptors (Lipinski definition) is 5. The Morgan fingerprint density at radius 1 is 1.00 bits per heavy atom. The van der Waals surface area contributed by atoms with Gasteiger partial charge in [-0.2, -0.15) is 0 Å². The Morgan fingerprint density at radius 3 is 2.41 bits per heavy atom. The lowest BCUT2D eigenvalue weighted by Crippen LogP contribution is -2.60. The maximum absolute atomic E-state index is 14.5. The van der Waals surface area contributed by atoms with Gasteiger partial charge in [0.25, 0.3) is 11.8 Å². The van der Waals surface area contributed by atoms with Crippen molar-refractivity contribution in [1.82, 2.24) is 9.80 Å². The van der Waals surface area contributed by atoms with E-state index in [1.54, 1.807) is 6.08 Å². The molecule has 4 amide bonds. The van der Waals surface area contributed by atoms with Crippen LogP contribution in [0.4, 0.5) is 4.39 Å². The molecule has 2 saturated heterocycles. The maximum Gasteiger partial charge on any atom is 0.253 e. The molecular weight excluding hydrogens is 522 g/mol. The Labute approximate surface area is 223 Å². The average Bonchev–Trinajstić information content (AvgIpc) is 3.21. The van der Waals surface area contributed by atoms with Crippen molar-refractivity contribution in [3.05, 3.63) is 41.2 Å². The summed E-state index contributed by atoms with van der Waals surface area (Å²) in [6, 6.07) is 3.77. The molecule has 4 fully saturated rings. The molecule has 1 aromatic carbocycles. The first kappa shape index (κ1) is 24.9. The zero-order chi connectivity index (χ0) is 26.4. The highest BCUT2D eigenvalue weighted by Crippen LogP contribution is 2.66. The van der Waals surface area contributed by atoms with E-state index in [0.717, 1.165) is 43.1 Å². The van der Waals surface area contributed by atoms with Crippen LogP contribution in [0.2, 0.25) is 0 Å². The third-order valence-corrected chi connectivity index (χ3v) is 10.7. The van der Waals surface area contributed by atoms with Crippen molar-refractivity contribution in [3.8, 4) is 5.75 Å². The SMILES string of the molecule is CN1C(=O)[C@]2(Cl)C[C@@H]3C(=CC[C@@H]4C(=O)N(C5CCCCC5)C(=O)[C@@H]43)[C@H](c3cccc(F)c3O)[C@]2(Cl)C1=O. The van der Waals surface area contributed by atoms with E-state index in [0.29, 0.717) is 5.57 Å². The molecule has 0 unspecified atom stereocenters. The first-order valence-electron chi connectivity index (χ1n) is 12.8. The number of para-hydroxylation sites is 1. The average molecular weight is 549 g/mol.